The minimum absolute atomic E-state index is 0.0160. The Kier molecular flexibility index (Phi) is 8.35. The summed E-state index contributed by atoms with van der Waals surface area (Å²) in [7, 11) is 0. The maximum absolute atomic E-state index is 12.4. The third-order valence-electron chi connectivity index (χ3n) is 4.57. The Morgan fingerprint density at radius 2 is 1.59 bits per heavy atom. The van der Waals surface area contributed by atoms with Gasteiger partial charge in [-0.15, -0.1) is 0 Å². The van der Waals surface area contributed by atoms with Gasteiger partial charge in [-0.05, 0) is 66.7 Å². The molecule has 0 radical (unpaired) electrons. The highest BCUT2D eigenvalue weighted by molar-refractivity contribution is 9.10. The molecule has 2 amide bonds. The summed E-state index contributed by atoms with van der Waals surface area (Å²) in [5.74, 6) is -0.0975. The lowest BCUT2D eigenvalue weighted by Gasteiger charge is -2.12. The average Bonchev–Trinajstić information content (AvgIpc) is 2.80. The van der Waals surface area contributed by atoms with Crippen LogP contribution >= 0.6 is 28.1 Å². The lowest BCUT2D eigenvalue weighted by Crippen LogP contribution is -2.48. The monoisotopic (exact) mass is 511 g/mol. The fraction of sp³-hybridized carbons (Fsp3) is 0.125. The number of halogens is 1. The molecular formula is C24H22BrN3O3S. The molecule has 164 valence electrons. The fourth-order valence-corrected chi connectivity index (χ4v) is 3.28. The Morgan fingerprint density at radius 1 is 0.906 bits per heavy atom. The number of ether oxygens (including phenoxy) is 1. The minimum Gasteiger partial charge on any atom is -0.493 e. The third kappa shape index (κ3) is 6.90. The summed E-state index contributed by atoms with van der Waals surface area (Å²) < 4.78 is 6.56. The quantitative estimate of drug-likeness (QED) is 0.339. The molecule has 0 aliphatic rings. The number of rotatable bonds is 6. The number of carbonyl (C=O) groups is 2. The fourth-order valence-electron chi connectivity index (χ4n) is 2.76. The molecule has 6 nitrogen and oxygen atoms in total. The number of hydrogen-bond donors (Lipinski definition) is 3. The Balaban J connectivity index is 1.43. The summed E-state index contributed by atoms with van der Waals surface area (Å²) >= 11 is 8.47. The van der Waals surface area contributed by atoms with Gasteiger partial charge in [0, 0.05) is 22.0 Å². The summed E-state index contributed by atoms with van der Waals surface area (Å²) in [6.07, 6.45) is 0.800. The van der Waals surface area contributed by atoms with Gasteiger partial charge in [0.2, 0.25) is 0 Å². The topological polar surface area (TPSA) is 79.5 Å². The zero-order chi connectivity index (χ0) is 22.9. The van der Waals surface area contributed by atoms with Crippen molar-refractivity contribution in [2.75, 3.05) is 6.61 Å². The van der Waals surface area contributed by atoms with Crippen LogP contribution in [0.1, 0.15) is 31.8 Å². The van der Waals surface area contributed by atoms with Gasteiger partial charge in [-0.2, -0.15) is 0 Å². The van der Waals surface area contributed by atoms with Crippen LogP contribution in [0.2, 0.25) is 0 Å². The first-order valence-electron chi connectivity index (χ1n) is 9.87. The van der Waals surface area contributed by atoms with Crippen molar-refractivity contribution in [1.29, 1.82) is 0 Å². The third-order valence-corrected chi connectivity index (χ3v) is 5.63. The first-order valence-corrected chi connectivity index (χ1v) is 11.1. The van der Waals surface area contributed by atoms with Gasteiger partial charge >= 0.3 is 0 Å². The van der Waals surface area contributed by atoms with Crippen molar-refractivity contribution in [3.8, 4) is 5.75 Å². The van der Waals surface area contributed by atoms with E-state index in [9.17, 15) is 9.59 Å². The molecule has 0 atom stereocenters. The molecule has 0 saturated heterocycles. The molecule has 3 aromatic rings. The van der Waals surface area contributed by atoms with Crippen molar-refractivity contribution >= 4 is 45.1 Å². The van der Waals surface area contributed by atoms with E-state index in [1.807, 2.05) is 31.2 Å². The molecule has 3 rings (SSSR count). The van der Waals surface area contributed by atoms with Crippen molar-refractivity contribution in [2.24, 2.45) is 0 Å². The Labute approximate surface area is 200 Å². The van der Waals surface area contributed by atoms with Gasteiger partial charge in [0.25, 0.3) is 11.8 Å². The average molecular weight is 512 g/mol. The van der Waals surface area contributed by atoms with E-state index in [1.54, 1.807) is 36.4 Å². The predicted molar refractivity (Wildman–Crippen MR) is 132 cm³/mol. The second-order valence-corrected chi connectivity index (χ2v) is 8.20. The van der Waals surface area contributed by atoms with E-state index in [0.29, 0.717) is 23.5 Å². The summed E-state index contributed by atoms with van der Waals surface area (Å²) in [5.41, 5.74) is 8.08. The molecule has 3 N–H and O–H groups in total. The van der Waals surface area contributed by atoms with Crippen molar-refractivity contribution in [1.82, 2.24) is 16.2 Å². The van der Waals surface area contributed by atoms with E-state index in [2.05, 4.69) is 44.2 Å². The maximum atomic E-state index is 12.4. The molecule has 0 aromatic heterocycles. The number of hydrogen-bond acceptors (Lipinski definition) is 4. The highest BCUT2D eigenvalue weighted by atomic mass is 79.9. The van der Waals surface area contributed by atoms with Crippen LogP contribution in [0.3, 0.4) is 0 Å². The largest absolute Gasteiger partial charge is 0.493 e. The number of thiocarbonyl (C=S) groups is 1. The molecule has 3 aromatic carbocycles. The highest BCUT2D eigenvalue weighted by Crippen LogP contribution is 2.17. The molecule has 8 heteroatoms. The minimum atomic E-state index is -0.398. The van der Waals surface area contributed by atoms with Crippen LogP contribution in [0, 0.1) is 6.92 Å². The molecule has 0 bridgehead atoms. The molecule has 0 spiro atoms. The summed E-state index contributed by atoms with van der Waals surface area (Å²) in [6.45, 7) is 2.47. The van der Waals surface area contributed by atoms with E-state index in [-0.39, 0.29) is 11.0 Å². The molecule has 0 fully saturated rings. The first-order chi connectivity index (χ1) is 15.4. The second-order valence-electron chi connectivity index (χ2n) is 6.93. The van der Waals surface area contributed by atoms with Crippen LogP contribution < -0.4 is 20.9 Å². The van der Waals surface area contributed by atoms with Gasteiger partial charge in [-0.3, -0.25) is 25.8 Å². The lowest BCUT2D eigenvalue weighted by atomic mass is 10.1. The Bertz CT molecular complexity index is 1110. The molecule has 0 aliphatic heterocycles. The number of nitrogens with one attached hydrogen (secondary N) is 3. The number of amides is 2. The highest BCUT2D eigenvalue weighted by Gasteiger charge is 2.10. The van der Waals surface area contributed by atoms with E-state index in [0.717, 1.165) is 16.5 Å². The van der Waals surface area contributed by atoms with Gasteiger partial charge < -0.3 is 4.74 Å². The van der Waals surface area contributed by atoms with E-state index < -0.39 is 5.91 Å². The van der Waals surface area contributed by atoms with Crippen LogP contribution in [0.5, 0.6) is 5.75 Å². The lowest BCUT2D eigenvalue weighted by molar-refractivity contribution is 0.0934. The van der Waals surface area contributed by atoms with Gasteiger partial charge in [-0.25, -0.2) is 0 Å². The van der Waals surface area contributed by atoms with Crippen LogP contribution in [0.15, 0.2) is 77.3 Å². The van der Waals surface area contributed by atoms with Crippen molar-refractivity contribution in [3.05, 3.63) is 99.5 Å². The van der Waals surface area contributed by atoms with Gasteiger partial charge in [-0.1, -0.05) is 52.3 Å². The number of carbonyl (C=O) groups excluding carboxylic acids is 2. The first kappa shape index (κ1) is 23.4. The van der Waals surface area contributed by atoms with Gasteiger partial charge in [0.15, 0.2) is 5.11 Å². The summed E-state index contributed by atoms with van der Waals surface area (Å²) in [4.78, 5) is 24.6. The second kappa shape index (κ2) is 11.4. The van der Waals surface area contributed by atoms with Gasteiger partial charge in [0.05, 0.1) is 6.61 Å². The molecule has 0 heterocycles. The zero-order valence-corrected chi connectivity index (χ0v) is 19.8. The molecular weight excluding hydrogens is 490 g/mol. The van der Waals surface area contributed by atoms with Crippen LogP contribution in [-0.4, -0.2) is 23.5 Å². The van der Waals surface area contributed by atoms with Crippen molar-refractivity contribution < 1.29 is 14.3 Å². The normalized spacial score (nSPS) is 10.2. The maximum Gasteiger partial charge on any atom is 0.269 e. The molecule has 0 aliphatic carbocycles. The Morgan fingerprint density at radius 3 is 2.28 bits per heavy atom. The molecule has 32 heavy (non-hydrogen) atoms. The zero-order valence-electron chi connectivity index (χ0n) is 17.4. The van der Waals surface area contributed by atoms with Gasteiger partial charge in [0.1, 0.15) is 5.75 Å². The van der Waals surface area contributed by atoms with E-state index >= 15 is 0 Å². The smallest absolute Gasteiger partial charge is 0.269 e. The van der Waals surface area contributed by atoms with E-state index in [4.69, 9.17) is 17.0 Å². The number of aryl methyl sites for hydroxylation is 1. The van der Waals surface area contributed by atoms with Crippen LogP contribution in [0.4, 0.5) is 0 Å². The summed E-state index contributed by atoms with van der Waals surface area (Å²) in [6, 6.07) is 22.1. The summed E-state index contributed by atoms with van der Waals surface area (Å²) in [5, 5.41) is 2.51. The number of benzene rings is 3. The van der Waals surface area contributed by atoms with E-state index in [1.165, 1.54) is 5.56 Å². The van der Waals surface area contributed by atoms with Crippen LogP contribution in [-0.2, 0) is 6.42 Å². The molecule has 0 unspecified atom stereocenters. The number of hydrazine groups is 1. The van der Waals surface area contributed by atoms with Crippen molar-refractivity contribution in [3.63, 3.8) is 0 Å². The Hall–Kier alpha value is -3.23. The SMILES string of the molecule is Cc1ccc(C(=O)NNC(=S)NC(=O)c2ccc(OCCc3ccccc3)cc2)cc1Br. The molecule has 0 saturated carbocycles. The predicted octanol–water partition coefficient (Wildman–Crippen LogP) is 4.33. The van der Waals surface area contributed by atoms with Crippen LogP contribution in [0.25, 0.3) is 0 Å². The van der Waals surface area contributed by atoms with Crippen molar-refractivity contribution in [2.45, 2.75) is 13.3 Å². The standard InChI is InChI=1S/C24H22BrN3O3S/c1-16-7-8-19(15-21(16)25)23(30)27-28-24(32)26-22(29)18-9-11-20(12-10-18)31-14-13-17-5-3-2-4-6-17/h2-12,15H,13-14H2,1H3,(H,27,30)(H2,26,28,29,32).